The number of nitrogens with zero attached hydrogens (tertiary/aromatic N) is 1. The third kappa shape index (κ3) is 5.05. The van der Waals surface area contributed by atoms with E-state index in [1.54, 1.807) is 4.90 Å². The molecule has 0 spiro atoms. The number of likely N-dealkylation sites (tertiary alicyclic amines) is 1. The molecule has 1 saturated heterocycles. The maximum atomic E-state index is 12.3. The number of likely N-dealkylation sites (N-methyl/N-ethyl adjacent to an activating group) is 1. The predicted octanol–water partition coefficient (Wildman–Crippen LogP) is 1.55. The molecular formula is C15H28F2N4O. The molecule has 0 aromatic carbocycles. The SMILES string of the molecule is CNC1(CNC(=O)NC2CCN(CC(F)F)C2)CCCCC1. The van der Waals surface area contributed by atoms with Crippen molar-refractivity contribution in [1.29, 1.82) is 0 Å². The van der Waals surface area contributed by atoms with Crippen molar-refractivity contribution in [2.24, 2.45) is 0 Å². The molecule has 1 aliphatic heterocycles. The Labute approximate surface area is 131 Å². The maximum Gasteiger partial charge on any atom is 0.315 e. The van der Waals surface area contributed by atoms with Crippen molar-refractivity contribution in [1.82, 2.24) is 20.9 Å². The fourth-order valence-corrected chi connectivity index (χ4v) is 3.54. The highest BCUT2D eigenvalue weighted by molar-refractivity contribution is 5.74. The summed E-state index contributed by atoms with van der Waals surface area (Å²) in [5, 5.41) is 9.21. The molecule has 1 heterocycles. The molecule has 128 valence electrons. The third-order valence-electron chi connectivity index (χ3n) is 4.93. The summed E-state index contributed by atoms with van der Waals surface area (Å²) in [6.45, 7) is 1.54. The lowest BCUT2D eigenvalue weighted by atomic mass is 9.82. The molecule has 2 rings (SSSR count). The summed E-state index contributed by atoms with van der Waals surface area (Å²) in [4.78, 5) is 13.7. The van der Waals surface area contributed by atoms with Crippen molar-refractivity contribution in [2.45, 2.75) is 56.5 Å². The van der Waals surface area contributed by atoms with Gasteiger partial charge in [-0.25, -0.2) is 13.6 Å². The Morgan fingerprint density at radius 3 is 2.68 bits per heavy atom. The van der Waals surface area contributed by atoms with E-state index in [0.29, 0.717) is 19.6 Å². The molecule has 1 saturated carbocycles. The summed E-state index contributed by atoms with van der Waals surface area (Å²) >= 11 is 0. The highest BCUT2D eigenvalue weighted by Crippen LogP contribution is 2.27. The lowest BCUT2D eigenvalue weighted by Crippen LogP contribution is -2.55. The fourth-order valence-electron chi connectivity index (χ4n) is 3.54. The van der Waals surface area contributed by atoms with E-state index in [-0.39, 0.29) is 24.2 Å². The quantitative estimate of drug-likeness (QED) is 0.696. The van der Waals surface area contributed by atoms with Gasteiger partial charge in [0.2, 0.25) is 0 Å². The van der Waals surface area contributed by atoms with Gasteiger partial charge in [-0.2, -0.15) is 0 Å². The second-order valence-electron chi connectivity index (χ2n) is 6.55. The monoisotopic (exact) mass is 318 g/mol. The molecule has 0 aromatic heterocycles. The van der Waals surface area contributed by atoms with Crippen LogP contribution in [0.5, 0.6) is 0 Å². The number of hydrogen-bond donors (Lipinski definition) is 3. The van der Waals surface area contributed by atoms with Crippen LogP contribution in [0, 0.1) is 0 Å². The van der Waals surface area contributed by atoms with Gasteiger partial charge in [-0.1, -0.05) is 19.3 Å². The number of amides is 2. The van der Waals surface area contributed by atoms with Gasteiger partial charge in [0.05, 0.1) is 6.54 Å². The topological polar surface area (TPSA) is 56.4 Å². The van der Waals surface area contributed by atoms with Gasteiger partial charge in [0.1, 0.15) is 0 Å². The Balaban J connectivity index is 1.69. The van der Waals surface area contributed by atoms with Gasteiger partial charge in [-0.05, 0) is 26.3 Å². The van der Waals surface area contributed by atoms with Crippen LogP contribution in [0.15, 0.2) is 0 Å². The first-order chi connectivity index (χ1) is 10.5. The van der Waals surface area contributed by atoms with Gasteiger partial charge in [0, 0.05) is 31.2 Å². The van der Waals surface area contributed by atoms with E-state index in [1.807, 2.05) is 7.05 Å². The zero-order chi connectivity index (χ0) is 16.0. The van der Waals surface area contributed by atoms with E-state index in [9.17, 15) is 13.6 Å². The highest BCUT2D eigenvalue weighted by atomic mass is 19.3. The van der Waals surface area contributed by atoms with Crippen molar-refractivity contribution >= 4 is 6.03 Å². The Bertz CT molecular complexity index is 361. The van der Waals surface area contributed by atoms with Crippen LogP contribution in [0.4, 0.5) is 13.6 Å². The van der Waals surface area contributed by atoms with Crippen molar-refractivity contribution in [3.8, 4) is 0 Å². The van der Waals surface area contributed by atoms with Crippen LogP contribution < -0.4 is 16.0 Å². The Morgan fingerprint density at radius 2 is 2.05 bits per heavy atom. The largest absolute Gasteiger partial charge is 0.336 e. The maximum absolute atomic E-state index is 12.3. The van der Waals surface area contributed by atoms with E-state index in [0.717, 1.165) is 19.3 Å². The minimum Gasteiger partial charge on any atom is -0.336 e. The molecule has 1 unspecified atom stereocenters. The minimum atomic E-state index is -2.31. The van der Waals surface area contributed by atoms with Crippen LogP contribution >= 0.6 is 0 Å². The Morgan fingerprint density at radius 1 is 1.32 bits per heavy atom. The van der Waals surface area contributed by atoms with Gasteiger partial charge in [0.25, 0.3) is 6.43 Å². The molecule has 7 heteroatoms. The van der Waals surface area contributed by atoms with Gasteiger partial charge in [0.15, 0.2) is 0 Å². The van der Waals surface area contributed by atoms with E-state index >= 15 is 0 Å². The molecular weight excluding hydrogens is 290 g/mol. The number of carbonyl (C=O) groups is 1. The van der Waals surface area contributed by atoms with Crippen LogP contribution in [0.1, 0.15) is 38.5 Å². The van der Waals surface area contributed by atoms with Crippen molar-refractivity contribution < 1.29 is 13.6 Å². The molecule has 2 amide bonds. The lowest BCUT2D eigenvalue weighted by molar-refractivity contribution is 0.0987. The van der Waals surface area contributed by atoms with Crippen molar-refractivity contribution in [3.05, 3.63) is 0 Å². The number of nitrogens with one attached hydrogen (secondary N) is 3. The van der Waals surface area contributed by atoms with Crippen LogP contribution in [0.3, 0.4) is 0 Å². The van der Waals surface area contributed by atoms with Crippen LogP contribution in [0.25, 0.3) is 0 Å². The number of alkyl halides is 2. The first kappa shape index (κ1) is 17.4. The number of urea groups is 1. The molecule has 5 nitrogen and oxygen atoms in total. The summed E-state index contributed by atoms with van der Waals surface area (Å²) in [6, 6.07) is -0.222. The summed E-state index contributed by atoms with van der Waals surface area (Å²) < 4.78 is 24.7. The first-order valence-corrected chi connectivity index (χ1v) is 8.27. The third-order valence-corrected chi connectivity index (χ3v) is 4.93. The second kappa shape index (κ2) is 8.06. The summed E-state index contributed by atoms with van der Waals surface area (Å²) in [5.74, 6) is 0. The summed E-state index contributed by atoms with van der Waals surface area (Å²) in [7, 11) is 1.95. The zero-order valence-corrected chi connectivity index (χ0v) is 13.3. The first-order valence-electron chi connectivity index (χ1n) is 8.27. The van der Waals surface area contributed by atoms with Gasteiger partial charge in [-0.3, -0.25) is 4.90 Å². The molecule has 0 aromatic rings. The molecule has 2 aliphatic rings. The lowest BCUT2D eigenvalue weighted by Gasteiger charge is -2.37. The van der Waals surface area contributed by atoms with Crippen LogP contribution in [-0.4, -0.2) is 62.2 Å². The number of hydrogen-bond acceptors (Lipinski definition) is 3. The van der Waals surface area contributed by atoms with Crippen LogP contribution in [-0.2, 0) is 0 Å². The number of carbonyl (C=O) groups excluding carboxylic acids is 1. The smallest absolute Gasteiger partial charge is 0.315 e. The van der Waals surface area contributed by atoms with E-state index in [4.69, 9.17) is 0 Å². The Hall–Kier alpha value is -0.950. The minimum absolute atomic E-state index is 0.00692. The summed E-state index contributed by atoms with van der Waals surface area (Å²) in [6.07, 6.45) is 4.22. The van der Waals surface area contributed by atoms with E-state index < -0.39 is 6.43 Å². The molecule has 0 radical (unpaired) electrons. The van der Waals surface area contributed by atoms with Crippen molar-refractivity contribution in [2.75, 3.05) is 33.2 Å². The average Bonchev–Trinajstić information content (AvgIpc) is 2.92. The Kier molecular flexibility index (Phi) is 6.37. The molecule has 0 bridgehead atoms. The van der Waals surface area contributed by atoms with Gasteiger partial charge >= 0.3 is 6.03 Å². The van der Waals surface area contributed by atoms with E-state index in [1.165, 1.54) is 19.3 Å². The van der Waals surface area contributed by atoms with Crippen LogP contribution in [0.2, 0.25) is 0 Å². The van der Waals surface area contributed by atoms with E-state index in [2.05, 4.69) is 16.0 Å². The normalized spacial score (nSPS) is 25.4. The highest BCUT2D eigenvalue weighted by Gasteiger charge is 2.31. The molecule has 1 atom stereocenters. The summed E-state index contributed by atoms with van der Waals surface area (Å²) in [5.41, 5.74) is 0.00692. The van der Waals surface area contributed by atoms with Gasteiger partial charge in [-0.15, -0.1) is 0 Å². The average molecular weight is 318 g/mol. The molecule has 1 aliphatic carbocycles. The molecule has 22 heavy (non-hydrogen) atoms. The predicted molar refractivity (Wildman–Crippen MR) is 82.3 cm³/mol. The fraction of sp³-hybridized carbons (Fsp3) is 0.933. The van der Waals surface area contributed by atoms with Gasteiger partial charge < -0.3 is 16.0 Å². The number of halogens is 2. The molecule has 2 fully saturated rings. The molecule has 3 N–H and O–H groups in total. The van der Waals surface area contributed by atoms with Crippen molar-refractivity contribution in [3.63, 3.8) is 0 Å². The second-order valence-corrected chi connectivity index (χ2v) is 6.55. The zero-order valence-electron chi connectivity index (χ0n) is 13.3. The number of rotatable bonds is 6. The standard InChI is InChI=1S/C15H28F2N4O/c1-18-15(6-3-2-4-7-15)11-19-14(22)20-12-5-8-21(9-12)10-13(16)17/h12-13,18H,2-11H2,1H3,(H2,19,20,22).